The van der Waals surface area contributed by atoms with Crippen molar-refractivity contribution in [2.75, 3.05) is 28.6 Å². The Bertz CT molecular complexity index is 697. The number of urea groups is 1. The van der Waals surface area contributed by atoms with Gasteiger partial charge in [0.05, 0.1) is 21.4 Å². The number of nitrogens with zero attached hydrogens (tertiary/aromatic N) is 2. The second-order valence-electron chi connectivity index (χ2n) is 5.62. The summed E-state index contributed by atoms with van der Waals surface area (Å²) in [6.07, 6.45) is 5.36. The van der Waals surface area contributed by atoms with Gasteiger partial charge in [0.25, 0.3) is 0 Å². The number of carbonyl (C=O) groups excluding carboxylic acids is 1. The van der Waals surface area contributed by atoms with E-state index in [0.717, 1.165) is 28.3 Å². The Labute approximate surface area is 148 Å². The van der Waals surface area contributed by atoms with E-state index in [4.69, 9.17) is 0 Å². The van der Waals surface area contributed by atoms with Crippen molar-refractivity contribution < 1.29 is 4.79 Å². The maximum atomic E-state index is 12.2. The van der Waals surface area contributed by atoms with Crippen LogP contribution in [-0.4, -0.2) is 24.1 Å². The molecule has 0 saturated carbocycles. The smallest absolute Gasteiger partial charge is 0.325 e. The first kappa shape index (κ1) is 16.3. The fourth-order valence-electron chi connectivity index (χ4n) is 2.71. The predicted octanol–water partition coefficient (Wildman–Crippen LogP) is 4.85. The molecular weight excluding hydrogens is 376 g/mol. The summed E-state index contributed by atoms with van der Waals surface area (Å²) >= 11 is 4.72. The van der Waals surface area contributed by atoms with Gasteiger partial charge in [0, 0.05) is 13.1 Å². The van der Waals surface area contributed by atoms with Gasteiger partial charge in [0.2, 0.25) is 0 Å². The fourth-order valence-corrected chi connectivity index (χ4v) is 3.81. The van der Waals surface area contributed by atoms with Crippen LogP contribution in [0.4, 0.5) is 21.3 Å². The van der Waals surface area contributed by atoms with E-state index >= 15 is 0 Å². The highest BCUT2D eigenvalue weighted by Crippen LogP contribution is 2.30. The molecule has 0 unspecified atom stereocenters. The Hall–Kier alpha value is -1.60. The van der Waals surface area contributed by atoms with E-state index in [2.05, 4.69) is 49.4 Å². The number of rotatable bonds is 3. The molecule has 0 aliphatic carbocycles. The summed E-state index contributed by atoms with van der Waals surface area (Å²) in [5, 5.41) is 6.29. The van der Waals surface area contributed by atoms with Gasteiger partial charge in [-0.15, -0.1) is 0 Å². The van der Waals surface area contributed by atoms with Crippen molar-refractivity contribution in [3.05, 3.63) is 33.7 Å². The van der Waals surface area contributed by atoms with Crippen LogP contribution in [0.3, 0.4) is 0 Å². The lowest BCUT2D eigenvalue weighted by atomic mass is 10.1. The molecule has 1 aromatic carbocycles. The largest absolute Gasteiger partial charge is 0.370 e. The summed E-state index contributed by atoms with van der Waals surface area (Å²) in [5.41, 5.74) is 3.13. The molecule has 2 amide bonds. The van der Waals surface area contributed by atoms with E-state index < -0.39 is 0 Å². The quantitative estimate of drug-likeness (QED) is 0.781. The van der Waals surface area contributed by atoms with E-state index in [1.54, 1.807) is 6.20 Å². The minimum atomic E-state index is -0.269. The zero-order chi connectivity index (χ0) is 16.2. The third-order valence-electron chi connectivity index (χ3n) is 3.80. The van der Waals surface area contributed by atoms with Crippen LogP contribution in [0.15, 0.2) is 28.2 Å². The Morgan fingerprint density at radius 2 is 2.04 bits per heavy atom. The van der Waals surface area contributed by atoms with Gasteiger partial charge in [-0.2, -0.15) is 0 Å². The summed E-state index contributed by atoms with van der Waals surface area (Å²) in [7, 11) is 0. The summed E-state index contributed by atoms with van der Waals surface area (Å²) < 4.78 is 0.886. The predicted molar refractivity (Wildman–Crippen MR) is 99.7 cm³/mol. The highest BCUT2D eigenvalue weighted by atomic mass is 79.9. The van der Waals surface area contributed by atoms with Crippen LogP contribution >= 0.6 is 27.3 Å². The number of hydrogen-bond donors (Lipinski definition) is 2. The van der Waals surface area contributed by atoms with E-state index in [9.17, 15) is 4.79 Å². The molecule has 1 fully saturated rings. The maximum absolute atomic E-state index is 12.2. The first-order valence-corrected chi connectivity index (χ1v) is 9.28. The van der Waals surface area contributed by atoms with Crippen molar-refractivity contribution in [2.24, 2.45) is 0 Å². The number of anilines is 3. The van der Waals surface area contributed by atoms with Gasteiger partial charge in [-0.25, -0.2) is 9.78 Å². The van der Waals surface area contributed by atoms with Crippen molar-refractivity contribution in [1.82, 2.24) is 4.98 Å². The first-order valence-electron chi connectivity index (χ1n) is 7.67. The molecule has 122 valence electrons. The SMILES string of the molecule is Cc1ccc(NC(=O)Nc2ncc(Br)s2)c(N2CCCCC2)c1. The maximum Gasteiger partial charge on any atom is 0.325 e. The number of aryl methyl sites for hydroxylation is 1. The molecule has 2 aromatic rings. The van der Waals surface area contributed by atoms with Crippen LogP contribution in [0.5, 0.6) is 0 Å². The van der Waals surface area contributed by atoms with E-state index in [-0.39, 0.29) is 6.03 Å². The molecule has 2 N–H and O–H groups in total. The highest BCUT2D eigenvalue weighted by molar-refractivity contribution is 9.11. The summed E-state index contributed by atoms with van der Waals surface area (Å²) in [4.78, 5) is 18.7. The number of piperidine rings is 1. The van der Waals surface area contributed by atoms with Crippen molar-refractivity contribution in [2.45, 2.75) is 26.2 Å². The molecule has 23 heavy (non-hydrogen) atoms. The van der Waals surface area contributed by atoms with Gasteiger partial charge < -0.3 is 10.2 Å². The second kappa shape index (κ2) is 7.31. The van der Waals surface area contributed by atoms with Crippen LogP contribution in [-0.2, 0) is 0 Å². The number of amides is 2. The number of benzene rings is 1. The lowest BCUT2D eigenvalue weighted by Crippen LogP contribution is -2.31. The van der Waals surface area contributed by atoms with Gasteiger partial charge in [-0.05, 0) is 59.8 Å². The molecule has 1 aromatic heterocycles. The fraction of sp³-hybridized carbons (Fsp3) is 0.375. The van der Waals surface area contributed by atoms with Gasteiger partial charge in [-0.3, -0.25) is 5.32 Å². The summed E-state index contributed by atoms with van der Waals surface area (Å²) in [5.74, 6) is 0. The molecule has 0 radical (unpaired) electrons. The van der Waals surface area contributed by atoms with Gasteiger partial charge in [0.1, 0.15) is 0 Å². The summed E-state index contributed by atoms with van der Waals surface area (Å²) in [6, 6.07) is 5.86. The zero-order valence-electron chi connectivity index (χ0n) is 12.9. The van der Waals surface area contributed by atoms with Crippen LogP contribution in [0.2, 0.25) is 0 Å². The number of aromatic nitrogens is 1. The standard InChI is InChI=1S/C16H19BrN4OS/c1-11-5-6-12(13(9-11)21-7-3-2-4-8-21)19-15(22)20-16-18-10-14(17)23-16/h5-6,9-10H,2-4,7-8H2,1H3,(H2,18,19,20,22). The minimum absolute atomic E-state index is 0.269. The number of thiazole rings is 1. The molecule has 1 saturated heterocycles. The highest BCUT2D eigenvalue weighted by Gasteiger charge is 2.16. The molecule has 2 heterocycles. The van der Waals surface area contributed by atoms with E-state index in [1.807, 2.05) is 12.1 Å². The first-order chi connectivity index (χ1) is 11.1. The summed E-state index contributed by atoms with van der Waals surface area (Å²) in [6.45, 7) is 4.16. The van der Waals surface area contributed by atoms with Crippen LogP contribution in [0, 0.1) is 6.92 Å². The van der Waals surface area contributed by atoms with Crippen molar-refractivity contribution in [3.8, 4) is 0 Å². The number of carbonyl (C=O) groups is 1. The second-order valence-corrected chi connectivity index (χ2v) is 8.03. The van der Waals surface area contributed by atoms with Gasteiger partial charge >= 0.3 is 6.03 Å². The molecule has 5 nitrogen and oxygen atoms in total. The number of hydrogen-bond acceptors (Lipinski definition) is 4. The Morgan fingerprint density at radius 3 is 2.74 bits per heavy atom. The van der Waals surface area contributed by atoms with Crippen LogP contribution in [0.25, 0.3) is 0 Å². The molecule has 3 rings (SSSR count). The molecule has 1 aliphatic heterocycles. The Kier molecular flexibility index (Phi) is 5.17. The number of halogens is 1. The average molecular weight is 395 g/mol. The average Bonchev–Trinajstić information content (AvgIpc) is 2.95. The van der Waals surface area contributed by atoms with Crippen molar-refractivity contribution in [3.63, 3.8) is 0 Å². The number of nitrogens with one attached hydrogen (secondary N) is 2. The van der Waals surface area contributed by atoms with Crippen LogP contribution in [0.1, 0.15) is 24.8 Å². The molecular formula is C16H19BrN4OS. The third-order valence-corrected chi connectivity index (χ3v) is 5.19. The normalized spacial score (nSPS) is 14.6. The van der Waals surface area contributed by atoms with E-state index in [1.165, 1.54) is 36.2 Å². The van der Waals surface area contributed by atoms with Crippen LogP contribution < -0.4 is 15.5 Å². The topological polar surface area (TPSA) is 57.3 Å². The molecule has 0 bridgehead atoms. The Morgan fingerprint density at radius 1 is 1.26 bits per heavy atom. The van der Waals surface area contributed by atoms with Gasteiger partial charge in [0.15, 0.2) is 5.13 Å². The minimum Gasteiger partial charge on any atom is -0.370 e. The molecule has 7 heteroatoms. The zero-order valence-corrected chi connectivity index (χ0v) is 15.3. The third kappa shape index (κ3) is 4.23. The lowest BCUT2D eigenvalue weighted by Gasteiger charge is -2.30. The molecule has 0 spiro atoms. The van der Waals surface area contributed by atoms with E-state index in [0.29, 0.717) is 5.13 Å². The van der Waals surface area contributed by atoms with Crippen molar-refractivity contribution in [1.29, 1.82) is 0 Å². The molecule has 1 aliphatic rings. The Balaban J connectivity index is 1.74. The van der Waals surface area contributed by atoms with Gasteiger partial charge in [-0.1, -0.05) is 17.4 Å². The monoisotopic (exact) mass is 394 g/mol. The van der Waals surface area contributed by atoms with Crippen molar-refractivity contribution >= 4 is 49.8 Å². The molecule has 0 atom stereocenters. The lowest BCUT2D eigenvalue weighted by molar-refractivity contribution is 0.262.